The molecule has 25 heavy (non-hydrogen) atoms. The van der Waals surface area contributed by atoms with Crippen LogP contribution < -0.4 is 0 Å². The van der Waals surface area contributed by atoms with Crippen LogP contribution in [0.25, 0.3) is 0 Å². The molecule has 1 N–H and O–H groups in total. The van der Waals surface area contributed by atoms with Gasteiger partial charge in [-0.25, -0.2) is 0 Å². The fourth-order valence-corrected chi connectivity index (χ4v) is 5.04. The summed E-state index contributed by atoms with van der Waals surface area (Å²) in [5, 5.41) is 11.8. The van der Waals surface area contributed by atoms with Crippen LogP contribution in [-0.2, 0) is 0 Å². The summed E-state index contributed by atoms with van der Waals surface area (Å²) in [5.74, 6) is 0.352. The summed E-state index contributed by atoms with van der Waals surface area (Å²) >= 11 is 0. The Morgan fingerprint density at radius 3 is 1.60 bits per heavy atom. The van der Waals surface area contributed by atoms with Gasteiger partial charge in [0, 0.05) is 23.9 Å². The maximum absolute atomic E-state index is 11.8. The number of hydrogen-bond acceptors (Lipinski definition) is 2. The Morgan fingerprint density at radius 2 is 1.24 bits per heavy atom. The summed E-state index contributed by atoms with van der Waals surface area (Å²) in [6.07, 6.45) is 1.84. The van der Waals surface area contributed by atoms with E-state index in [1.54, 1.807) is 0 Å². The normalized spacial score (nSPS) is 33.3. The van der Waals surface area contributed by atoms with Gasteiger partial charge in [0.05, 0.1) is 5.60 Å². The topological polar surface area (TPSA) is 23.5 Å². The zero-order valence-electron chi connectivity index (χ0n) is 15.9. The molecule has 2 aromatic carbocycles. The van der Waals surface area contributed by atoms with Gasteiger partial charge in [-0.3, -0.25) is 4.90 Å². The van der Waals surface area contributed by atoms with Gasteiger partial charge in [0.2, 0.25) is 0 Å². The number of piperidine rings is 1. The molecule has 1 fully saturated rings. The molecular weight excluding hydrogens is 306 g/mol. The van der Waals surface area contributed by atoms with Gasteiger partial charge in [-0.15, -0.1) is 0 Å². The van der Waals surface area contributed by atoms with Gasteiger partial charge in [0.25, 0.3) is 0 Å². The minimum absolute atomic E-state index is 0.176. The first-order valence-electron chi connectivity index (χ1n) is 9.55. The number of rotatable bonds is 4. The third-order valence-corrected chi connectivity index (χ3v) is 6.33. The molecular formula is C23H31NO. The molecule has 2 aromatic rings. The molecule has 5 atom stereocenters. The second-order valence-electron chi connectivity index (χ2n) is 7.70. The molecule has 0 spiro atoms. The molecule has 1 aliphatic heterocycles. The highest BCUT2D eigenvalue weighted by atomic mass is 16.3. The summed E-state index contributed by atoms with van der Waals surface area (Å²) in [4.78, 5) is 2.48. The second kappa shape index (κ2) is 7.31. The Labute approximate surface area is 152 Å². The maximum atomic E-state index is 11.8. The van der Waals surface area contributed by atoms with E-state index < -0.39 is 5.60 Å². The lowest BCUT2D eigenvalue weighted by atomic mass is 9.63. The number of nitrogens with zero attached hydrogens (tertiary/aromatic N) is 1. The van der Waals surface area contributed by atoms with Crippen molar-refractivity contribution in [3.8, 4) is 0 Å². The van der Waals surface area contributed by atoms with E-state index in [4.69, 9.17) is 0 Å². The van der Waals surface area contributed by atoms with Gasteiger partial charge in [0.1, 0.15) is 0 Å². The van der Waals surface area contributed by atoms with Crippen LogP contribution >= 0.6 is 0 Å². The largest absolute Gasteiger partial charge is 0.389 e. The highest BCUT2D eigenvalue weighted by Crippen LogP contribution is 2.53. The molecule has 134 valence electrons. The van der Waals surface area contributed by atoms with E-state index in [9.17, 15) is 5.11 Å². The van der Waals surface area contributed by atoms with Gasteiger partial charge >= 0.3 is 0 Å². The van der Waals surface area contributed by atoms with Crippen molar-refractivity contribution in [2.24, 2.45) is 11.8 Å². The van der Waals surface area contributed by atoms with Crippen molar-refractivity contribution in [2.75, 3.05) is 7.05 Å². The predicted octanol–water partition coefficient (Wildman–Crippen LogP) is 5.22. The van der Waals surface area contributed by atoms with Crippen LogP contribution in [0.15, 0.2) is 60.7 Å². The molecule has 0 radical (unpaired) electrons. The maximum Gasteiger partial charge on any atom is 0.0734 e. The summed E-state index contributed by atoms with van der Waals surface area (Å²) in [5.41, 5.74) is 1.92. The van der Waals surface area contributed by atoms with Crippen molar-refractivity contribution in [3.63, 3.8) is 0 Å². The molecule has 0 saturated carbocycles. The quantitative estimate of drug-likeness (QED) is 0.827. The van der Waals surface area contributed by atoms with Crippen molar-refractivity contribution in [1.82, 2.24) is 4.90 Å². The minimum atomic E-state index is -0.664. The average Bonchev–Trinajstić information content (AvgIpc) is 2.63. The van der Waals surface area contributed by atoms with E-state index in [1.165, 1.54) is 11.1 Å². The fourth-order valence-electron chi connectivity index (χ4n) is 5.04. The zero-order valence-corrected chi connectivity index (χ0v) is 15.9. The molecule has 0 amide bonds. The lowest BCUT2D eigenvalue weighted by Crippen LogP contribution is -2.57. The van der Waals surface area contributed by atoms with E-state index in [0.717, 1.165) is 12.8 Å². The zero-order chi connectivity index (χ0) is 18.0. The Hall–Kier alpha value is -1.64. The van der Waals surface area contributed by atoms with Crippen LogP contribution in [0.4, 0.5) is 0 Å². The van der Waals surface area contributed by atoms with Crippen LogP contribution in [-0.4, -0.2) is 22.7 Å². The first kappa shape index (κ1) is 18.2. The molecule has 2 nitrogen and oxygen atoms in total. The van der Waals surface area contributed by atoms with E-state index in [0.29, 0.717) is 0 Å². The number of aliphatic hydroxyl groups is 1. The summed E-state index contributed by atoms with van der Waals surface area (Å²) in [6, 6.07) is 21.7. The predicted molar refractivity (Wildman–Crippen MR) is 104 cm³/mol. The van der Waals surface area contributed by atoms with Crippen LogP contribution in [0.1, 0.15) is 56.8 Å². The first-order valence-corrected chi connectivity index (χ1v) is 9.55. The standard InChI is InChI=1S/C23H31NO/c1-5-16-23(25)17(2)21(19-12-8-6-9-13-19)24(4)22(18(23)3)20-14-10-7-11-15-20/h6-15,17-18,21-22,25H,5,16H2,1-4H3/t17-,18+,21-,22+,23?. The molecule has 1 aliphatic rings. The Kier molecular flexibility index (Phi) is 5.31. The minimum Gasteiger partial charge on any atom is -0.389 e. The van der Waals surface area contributed by atoms with Gasteiger partial charge in [-0.2, -0.15) is 0 Å². The van der Waals surface area contributed by atoms with E-state index in [1.807, 2.05) is 0 Å². The van der Waals surface area contributed by atoms with Crippen molar-refractivity contribution in [1.29, 1.82) is 0 Å². The SMILES string of the molecule is CCCC1(O)[C@H](C)[C@H](c2ccccc2)N(C)[C@H](c2ccccc2)[C@@H]1C. The van der Waals surface area contributed by atoms with E-state index in [2.05, 4.69) is 93.4 Å². The number of benzene rings is 2. The Balaban J connectivity index is 2.10. The monoisotopic (exact) mass is 337 g/mol. The van der Waals surface area contributed by atoms with Crippen molar-refractivity contribution in [3.05, 3.63) is 71.8 Å². The summed E-state index contributed by atoms with van der Waals surface area (Å²) < 4.78 is 0. The van der Waals surface area contributed by atoms with Gasteiger partial charge in [-0.05, 0) is 24.6 Å². The van der Waals surface area contributed by atoms with Crippen LogP contribution in [0.2, 0.25) is 0 Å². The van der Waals surface area contributed by atoms with Crippen LogP contribution in [0.3, 0.4) is 0 Å². The Morgan fingerprint density at radius 1 is 0.840 bits per heavy atom. The first-order chi connectivity index (χ1) is 12.0. The van der Waals surface area contributed by atoms with Crippen molar-refractivity contribution < 1.29 is 5.11 Å². The molecule has 3 rings (SSSR count). The number of hydrogen-bond donors (Lipinski definition) is 1. The van der Waals surface area contributed by atoms with Crippen LogP contribution in [0, 0.1) is 11.8 Å². The number of likely N-dealkylation sites (tertiary alicyclic amines) is 1. The molecule has 1 heterocycles. The molecule has 1 saturated heterocycles. The van der Waals surface area contributed by atoms with Gasteiger partial charge < -0.3 is 5.11 Å². The van der Waals surface area contributed by atoms with Crippen molar-refractivity contribution in [2.45, 2.75) is 51.3 Å². The highest BCUT2D eigenvalue weighted by molar-refractivity contribution is 5.28. The molecule has 1 unspecified atom stereocenters. The fraction of sp³-hybridized carbons (Fsp3) is 0.478. The van der Waals surface area contributed by atoms with E-state index in [-0.39, 0.29) is 23.9 Å². The third-order valence-electron chi connectivity index (χ3n) is 6.33. The molecule has 0 aromatic heterocycles. The van der Waals surface area contributed by atoms with Gasteiger partial charge in [-0.1, -0.05) is 87.9 Å². The van der Waals surface area contributed by atoms with Gasteiger partial charge in [0.15, 0.2) is 0 Å². The van der Waals surface area contributed by atoms with Crippen molar-refractivity contribution >= 4 is 0 Å². The summed E-state index contributed by atoms with van der Waals surface area (Å²) in [7, 11) is 2.22. The van der Waals surface area contributed by atoms with E-state index >= 15 is 0 Å². The third kappa shape index (κ3) is 3.14. The molecule has 2 heteroatoms. The molecule has 0 bridgehead atoms. The lowest BCUT2D eigenvalue weighted by Gasteiger charge is -2.56. The molecule has 0 aliphatic carbocycles. The lowest BCUT2D eigenvalue weighted by molar-refractivity contribution is -0.159. The van der Waals surface area contributed by atoms with Crippen LogP contribution in [0.5, 0.6) is 0 Å². The Bertz CT molecular complexity index is 616. The second-order valence-corrected chi connectivity index (χ2v) is 7.70. The average molecular weight is 338 g/mol. The summed E-state index contributed by atoms with van der Waals surface area (Å²) in [6.45, 7) is 6.62. The highest BCUT2D eigenvalue weighted by Gasteiger charge is 2.53. The smallest absolute Gasteiger partial charge is 0.0734 e.